The van der Waals surface area contributed by atoms with Gasteiger partial charge in [0.2, 0.25) is 0 Å². The van der Waals surface area contributed by atoms with Gasteiger partial charge < -0.3 is 19.2 Å². The summed E-state index contributed by atoms with van der Waals surface area (Å²) >= 11 is 3.40. The lowest BCUT2D eigenvalue weighted by molar-refractivity contribution is 0.0595. The van der Waals surface area contributed by atoms with E-state index in [-0.39, 0.29) is 0 Å². The van der Waals surface area contributed by atoms with Crippen LogP contribution >= 0.6 is 15.9 Å². The number of rotatable bonds is 3. The number of hydrogen-bond donors (Lipinski definition) is 1. The summed E-state index contributed by atoms with van der Waals surface area (Å²) in [5, 5.41) is 0.833. The lowest BCUT2D eigenvalue weighted by Gasteiger charge is -2.10. The van der Waals surface area contributed by atoms with Crippen LogP contribution in [0.1, 0.15) is 10.5 Å². The molecule has 5 nitrogen and oxygen atoms in total. The third-order valence-corrected chi connectivity index (χ3v) is 3.18. The molecule has 1 aromatic heterocycles. The molecule has 0 aliphatic heterocycles. The molecule has 18 heavy (non-hydrogen) atoms. The first-order valence-corrected chi connectivity index (χ1v) is 5.93. The topological polar surface area (TPSA) is 60.6 Å². The maximum Gasteiger partial charge on any atom is 0.354 e. The number of methoxy groups -OCH3 is 3. The summed E-state index contributed by atoms with van der Waals surface area (Å²) in [4.78, 5) is 14.5. The fourth-order valence-corrected chi connectivity index (χ4v) is 2.39. The van der Waals surface area contributed by atoms with E-state index in [1.165, 1.54) is 7.11 Å². The number of fused-ring (bicyclic) bond motifs is 1. The van der Waals surface area contributed by atoms with Gasteiger partial charge in [-0.15, -0.1) is 0 Å². The molecule has 0 atom stereocenters. The highest BCUT2D eigenvalue weighted by molar-refractivity contribution is 9.10. The van der Waals surface area contributed by atoms with Crippen molar-refractivity contribution in [1.82, 2.24) is 4.98 Å². The lowest BCUT2D eigenvalue weighted by Crippen LogP contribution is -2.00. The minimum atomic E-state index is -0.427. The fourth-order valence-electron chi connectivity index (χ4n) is 1.80. The first kappa shape index (κ1) is 12.8. The normalized spacial score (nSPS) is 10.4. The first-order chi connectivity index (χ1) is 8.62. The molecule has 0 radical (unpaired) electrons. The highest BCUT2D eigenvalue weighted by atomic mass is 79.9. The zero-order chi connectivity index (χ0) is 13.3. The number of aromatic amines is 1. The third-order valence-electron chi connectivity index (χ3n) is 2.59. The number of esters is 1. The van der Waals surface area contributed by atoms with Gasteiger partial charge in [0.25, 0.3) is 0 Å². The second kappa shape index (κ2) is 4.89. The molecule has 0 saturated carbocycles. The van der Waals surface area contributed by atoms with Crippen molar-refractivity contribution in [2.24, 2.45) is 0 Å². The highest BCUT2D eigenvalue weighted by Gasteiger charge is 2.18. The van der Waals surface area contributed by atoms with E-state index in [4.69, 9.17) is 9.47 Å². The van der Waals surface area contributed by atoms with E-state index in [0.29, 0.717) is 22.7 Å². The second-order valence-electron chi connectivity index (χ2n) is 3.56. The van der Waals surface area contributed by atoms with Crippen LogP contribution in [0.5, 0.6) is 11.5 Å². The van der Waals surface area contributed by atoms with E-state index in [9.17, 15) is 4.79 Å². The molecule has 0 saturated heterocycles. The van der Waals surface area contributed by atoms with Crippen molar-refractivity contribution in [1.29, 1.82) is 0 Å². The Kier molecular flexibility index (Phi) is 3.47. The van der Waals surface area contributed by atoms with Gasteiger partial charge in [-0.3, -0.25) is 0 Å². The van der Waals surface area contributed by atoms with Crippen LogP contribution in [-0.4, -0.2) is 32.3 Å². The summed E-state index contributed by atoms with van der Waals surface area (Å²) in [5.74, 6) is 0.684. The molecule has 6 heteroatoms. The molecular formula is C12H12BrNO4. The van der Waals surface area contributed by atoms with Crippen LogP contribution in [0.2, 0.25) is 0 Å². The van der Waals surface area contributed by atoms with Gasteiger partial charge in [0.1, 0.15) is 5.69 Å². The molecular weight excluding hydrogens is 302 g/mol. The number of nitrogens with one attached hydrogen (secondary N) is 1. The number of aromatic nitrogens is 1. The van der Waals surface area contributed by atoms with Crippen LogP contribution < -0.4 is 9.47 Å². The monoisotopic (exact) mass is 313 g/mol. The van der Waals surface area contributed by atoms with Crippen LogP contribution in [0.3, 0.4) is 0 Å². The van der Waals surface area contributed by atoms with E-state index < -0.39 is 5.97 Å². The van der Waals surface area contributed by atoms with Crippen molar-refractivity contribution in [2.75, 3.05) is 21.3 Å². The van der Waals surface area contributed by atoms with Crippen LogP contribution in [0.15, 0.2) is 16.6 Å². The Balaban J connectivity index is 2.72. The molecule has 1 heterocycles. The average molecular weight is 314 g/mol. The molecule has 1 N–H and O–H groups in total. The van der Waals surface area contributed by atoms with Crippen LogP contribution in [0, 0.1) is 0 Å². The average Bonchev–Trinajstić information content (AvgIpc) is 2.79. The molecule has 0 unspecified atom stereocenters. The zero-order valence-corrected chi connectivity index (χ0v) is 11.8. The molecule has 1 aromatic carbocycles. The van der Waals surface area contributed by atoms with Crippen LogP contribution in [0.4, 0.5) is 0 Å². The Labute approximate surface area is 112 Å². The quantitative estimate of drug-likeness (QED) is 0.885. The first-order valence-electron chi connectivity index (χ1n) is 5.13. The minimum absolute atomic E-state index is 0.367. The number of halogens is 1. The molecule has 0 spiro atoms. The number of hydrogen-bond acceptors (Lipinski definition) is 4. The van der Waals surface area contributed by atoms with E-state index in [1.807, 2.05) is 6.07 Å². The molecule has 96 valence electrons. The van der Waals surface area contributed by atoms with Gasteiger partial charge in [-0.2, -0.15) is 0 Å². The Bertz CT molecular complexity index is 606. The van der Waals surface area contributed by atoms with Crippen molar-refractivity contribution in [2.45, 2.75) is 0 Å². The molecule has 0 aliphatic rings. The minimum Gasteiger partial charge on any atom is -0.492 e. The number of benzene rings is 1. The summed E-state index contributed by atoms with van der Waals surface area (Å²) in [6, 6.07) is 3.55. The number of carbonyl (C=O) groups excluding carboxylic acids is 1. The Morgan fingerprint density at radius 1 is 1.17 bits per heavy atom. The molecule has 0 amide bonds. The van der Waals surface area contributed by atoms with Crippen molar-refractivity contribution >= 4 is 32.8 Å². The van der Waals surface area contributed by atoms with Gasteiger partial charge in [0, 0.05) is 5.39 Å². The molecule has 0 fully saturated rings. The van der Waals surface area contributed by atoms with E-state index in [2.05, 4.69) is 25.7 Å². The maximum absolute atomic E-state index is 11.5. The smallest absolute Gasteiger partial charge is 0.354 e. The summed E-state index contributed by atoms with van der Waals surface area (Å²) in [6.45, 7) is 0. The standard InChI is InChI=1S/C12H12BrNO4/c1-16-10-7(13)4-6-5-8(12(15)18-3)14-9(6)11(10)17-2/h4-5,14H,1-3H3. The summed E-state index contributed by atoms with van der Waals surface area (Å²) in [5.41, 5.74) is 1.06. The Hall–Kier alpha value is -1.69. The zero-order valence-electron chi connectivity index (χ0n) is 10.2. The van der Waals surface area contributed by atoms with Gasteiger partial charge in [-0.05, 0) is 28.1 Å². The number of H-pyrrole nitrogens is 1. The number of carbonyl (C=O) groups is 1. The summed E-state index contributed by atoms with van der Waals surface area (Å²) in [7, 11) is 4.43. The Morgan fingerprint density at radius 3 is 2.39 bits per heavy atom. The van der Waals surface area contributed by atoms with Crippen molar-refractivity contribution in [3.05, 3.63) is 22.3 Å². The van der Waals surface area contributed by atoms with Gasteiger partial charge in [0.05, 0.1) is 31.3 Å². The number of ether oxygens (including phenoxy) is 3. The molecule has 0 aliphatic carbocycles. The molecule has 2 rings (SSSR count). The van der Waals surface area contributed by atoms with Gasteiger partial charge in [-0.25, -0.2) is 4.79 Å². The van der Waals surface area contributed by atoms with Gasteiger partial charge in [0.15, 0.2) is 11.5 Å². The predicted molar refractivity (Wildman–Crippen MR) is 70.4 cm³/mol. The molecule has 0 bridgehead atoms. The fraction of sp³-hybridized carbons (Fsp3) is 0.250. The highest BCUT2D eigenvalue weighted by Crippen LogP contribution is 2.41. The van der Waals surface area contributed by atoms with Crippen LogP contribution in [-0.2, 0) is 4.74 Å². The van der Waals surface area contributed by atoms with Gasteiger partial charge in [-0.1, -0.05) is 0 Å². The summed E-state index contributed by atoms with van der Waals surface area (Å²) in [6.07, 6.45) is 0. The van der Waals surface area contributed by atoms with E-state index in [1.54, 1.807) is 20.3 Å². The SMILES string of the molecule is COC(=O)c1cc2cc(Br)c(OC)c(OC)c2[nH]1. The van der Waals surface area contributed by atoms with Gasteiger partial charge >= 0.3 is 5.97 Å². The third kappa shape index (κ3) is 1.92. The maximum atomic E-state index is 11.5. The van der Waals surface area contributed by atoms with Crippen LogP contribution in [0.25, 0.3) is 10.9 Å². The Morgan fingerprint density at radius 2 is 1.83 bits per heavy atom. The molecule has 2 aromatic rings. The van der Waals surface area contributed by atoms with Crippen molar-refractivity contribution < 1.29 is 19.0 Å². The predicted octanol–water partition coefficient (Wildman–Crippen LogP) is 2.73. The van der Waals surface area contributed by atoms with E-state index in [0.717, 1.165) is 9.86 Å². The van der Waals surface area contributed by atoms with E-state index >= 15 is 0 Å². The second-order valence-corrected chi connectivity index (χ2v) is 4.42. The lowest BCUT2D eigenvalue weighted by atomic mass is 10.2. The van der Waals surface area contributed by atoms with Crippen molar-refractivity contribution in [3.8, 4) is 11.5 Å². The largest absolute Gasteiger partial charge is 0.492 e. The van der Waals surface area contributed by atoms with Crippen molar-refractivity contribution in [3.63, 3.8) is 0 Å². The summed E-state index contributed by atoms with van der Waals surface area (Å²) < 4.78 is 16.0.